The lowest BCUT2D eigenvalue weighted by Crippen LogP contribution is -2.57. The first-order chi connectivity index (χ1) is 29.9. The van der Waals surface area contributed by atoms with Crippen LogP contribution in [0.15, 0.2) is 55.0 Å². The van der Waals surface area contributed by atoms with Gasteiger partial charge in [-0.25, -0.2) is 9.37 Å². The number of ether oxygens (including phenoxy) is 1. The molecule has 2 unspecified atom stereocenters. The summed E-state index contributed by atoms with van der Waals surface area (Å²) in [7, 11) is 0. The Morgan fingerprint density at radius 1 is 1.02 bits per heavy atom. The summed E-state index contributed by atoms with van der Waals surface area (Å²) >= 11 is 12.5. The summed E-state index contributed by atoms with van der Waals surface area (Å²) in [5.41, 5.74) is 10.4. The first kappa shape index (κ1) is 43.4. The molecule has 6 heterocycles. The zero-order chi connectivity index (χ0) is 43.5. The van der Waals surface area contributed by atoms with Crippen molar-refractivity contribution in [2.45, 2.75) is 102 Å². The number of piperidine rings is 2. The number of unbranched alkanes of at least 4 members (excludes halogenated alkanes) is 4. The van der Waals surface area contributed by atoms with E-state index in [0.717, 1.165) is 87.0 Å². The molecule has 14 nitrogen and oxygen atoms in total. The molecule has 4 N–H and O–H groups in total. The third-order valence-electron chi connectivity index (χ3n) is 12.6. The number of imide groups is 1. The molecule has 0 bridgehead atoms. The molecule has 328 valence electrons. The molecule has 4 aliphatic heterocycles. The summed E-state index contributed by atoms with van der Waals surface area (Å²) in [4.78, 5) is 60.4. The maximum absolute atomic E-state index is 14.2. The minimum atomic E-state index is -0.672. The van der Waals surface area contributed by atoms with Crippen molar-refractivity contribution in [3.05, 3.63) is 87.5 Å². The van der Waals surface area contributed by atoms with Crippen LogP contribution in [0.5, 0.6) is 5.75 Å². The number of likely N-dealkylation sites (tertiary alicyclic amines) is 2. The van der Waals surface area contributed by atoms with E-state index < -0.39 is 23.9 Å². The number of rotatable bonds is 16. The lowest BCUT2D eigenvalue weighted by molar-refractivity contribution is -0.137. The SMILES string of the molecule is CC(Oc1cc(-c2cnn(C3CCN(CCCCCCCC(=O)N4CC(Nc5cccc6c5CN(C5CCC(=O)NC5=O)C6=O)C4)CC3)c2)cnc1N)c1c(Cl)ccc(F)c1Cl. The molecule has 2 aromatic carbocycles. The van der Waals surface area contributed by atoms with E-state index in [-0.39, 0.29) is 41.0 Å². The number of hydrogen-bond acceptors (Lipinski definition) is 10. The molecule has 2 aromatic heterocycles. The fraction of sp³-hybridized carbons (Fsp3) is 0.467. The van der Waals surface area contributed by atoms with E-state index in [4.69, 9.17) is 33.7 Å². The Labute approximate surface area is 370 Å². The van der Waals surface area contributed by atoms with Crippen LogP contribution >= 0.6 is 23.2 Å². The number of nitrogens with two attached hydrogens (primary N) is 1. The Kier molecular flexibility index (Phi) is 13.3. The molecule has 17 heteroatoms. The van der Waals surface area contributed by atoms with Gasteiger partial charge in [-0.05, 0) is 75.9 Å². The number of benzene rings is 2. The van der Waals surface area contributed by atoms with Gasteiger partial charge in [0.25, 0.3) is 5.91 Å². The highest BCUT2D eigenvalue weighted by molar-refractivity contribution is 6.36. The average molecular weight is 889 g/mol. The zero-order valence-corrected chi connectivity index (χ0v) is 36.3. The summed E-state index contributed by atoms with van der Waals surface area (Å²) in [5, 5.41) is 10.8. The van der Waals surface area contributed by atoms with Crippen molar-refractivity contribution in [1.82, 2.24) is 34.8 Å². The highest BCUT2D eigenvalue weighted by atomic mass is 35.5. The number of hydrogen-bond donors (Lipinski definition) is 3. The smallest absolute Gasteiger partial charge is 0.255 e. The Hall–Kier alpha value is -5.25. The number of anilines is 2. The second kappa shape index (κ2) is 19.0. The van der Waals surface area contributed by atoms with E-state index in [9.17, 15) is 23.6 Å². The molecule has 0 aliphatic carbocycles. The number of halogens is 3. The van der Waals surface area contributed by atoms with E-state index in [0.29, 0.717) is 60.4 Å². The Balaban J connectivity index is 0.700. The number of carbonyl (C=O) groups excluding carboxylic acids is 4. The van der Waals surface area contributed by atoms with Crippen LogP contribution in [0.3, 0.4) is 0 Å². The monoisotopic (exact) mass is 887 g/mol. The average Bonchev–Trinajstić information content (AvgIpc) is 3.87. The molecule has 3 saturated heterocycles. The summed E-state index contributed by atoms with van der Waals surface area (Å²) in [6.45, 7) is 6.36. The molecule has 8 rings (SSSR count). The molecular formula is C45H52Cl2FN9O5. The predicted octanol–water partition coefficient (Wildman–Crippen LogP) is 7.17. The Morgan fingerprint density at radius 3 is 2.58 bits per heavy atom. The van der Waals surface area contributed by atoms with Gasteiger partial charge in [0.2, 0.25) is 17.7 Å². The van der Waals surface area contributed by atoms with E-state index in [1.165, 1.54) is 12.1 Å². The van der Waals surface area contributed by atoms with Gasteiger partial charge in [0.05, 0.1) is 23.3 Å². The van der Waals surface area contributed by atoms with Crippen molar-refractivity contribution in [3.8, 4) is 16.9 Å². The largest absolute Gasteiger partial charge is 0.482 e. The van der Waals surface area contributed by atoms with Gasteiger partial charge < -0.3 is 30.5 Å². The third-order valence-corrected chi connectivity index (χ3v) is 13.3. The van der Waals surface area contributed by atoms with Crippen molar-refractivity contribution in [1.29, 1.82) is 0 Å². The second-order valence-electron chi connectivity index (χ2n) is 16.8. The molecule has 0 radical (unpaired) electrons. The maximum Gasteiger partial charge on any atom is 0.255 e. The second-order valence-corrected chi connectivity index (χ2v) is 17.6. The minimum Gasteiger partial charge on any atom is -0.482 e. The fourth-order valence-corrected chi connectivity index (χ4v) is 9.66. The molecule has 4 aliphatic rings. The summed E-state index contributed by atoms with van der Waals surface area (Å²) in [5.74, 6) is -0.783. The molecule has 3 fully saturated rings. The molecular weight excluding hydrogens is 836 g/mol. The van der Waals surface area contributed by atoms with Crippen molar-refractivity contribution in [2.24, 2.45) is 0 Å². The molecule has 4 aromatic rings. The molecule has 2 atom stereocenters. The zero-order valence-electron chi connectivity index (χ0n) is 34.8. The van der Waals surface area contributed by atoms with Gasteiger partial charge in [-0.15, -0.1) is 0 Å². The number of nitrogens with zero attached hydrogens (tertiary/aromatic N) is 6. The van der Waals surface area contributed by atoms with Crippen LogP contribution in [0.2, 0.25) is 10.0 Å². The van der Waals surface area contributed by atoms with Crippen LogP contribution < -0.4 is 21.1 Å². The molecule has 0 saturated carbocycles. The number of pyridine rings is 1. The lowest BCUT2D eigenvalue weighted by Gasteiger charge is -2.40. The van der Waals surface area contributed by atoms with Crippen molar-refractivity contribution >= 4 is 58.3 Å². The third kappa shape index (κ3) is 9.54. The van der Waals surface area contributed by atoms with Crippen LogP contribution in [0.25, 0.3) is 11.1 Å². The quantitative estimate of drug-likeness (QED) is 0.0596. The first-order valence-electron chi connectivity index (χ1n) is 21.6. The minimum absolute atomic E-state index is 0.0894. The molecule has 0 spiro atoms. The highest BCUT2D eigenvalue weighted by Crippen LogP contribution is 2.38. The fourth-order valence-electron chi connectivity index (χ4n) is 8.98. The Bertz CT molecular complexity index is 2330. The van der Waals surface area contributed by atoms with Crippen LogP contribution in [0, 0.1) is 5.82 Å². The van der Waals surface area contributed by atoms with Crippen LogP contribution in [-0.2, 0) is 20.9 Å². The number of carbonyl (C=O) groups is 4. The van der Waals surface area contributed by atoms with Gasteiger partial charge in [0.15, 0.2) is 11.6 Å². The lowest BCUT2D eigenvalue weighted by atomic mass is 10.0. The van der Waals surface area contributed by atoms with Crippen molar-refractivity contribution in [3.63, 3.8) is 0 Å². The maximum atomic E-state index is 14.2. The van der Waals surface area contributed by atoms with Gasteiger partial charge in [0, 0.05) is 96.5 Å². The van der Waals surface area contributed by atoms with E-state index in [1.54, 1.807) is 30.2 Å². The van der Waals surface area contributed by atoms with Crippen molar-refractivity contribution in [2.75, 3.05) is 43.8 Å². The standard InChI is InChI=1S/C45H52Cl2FN9O5/c1-27(41-34(46)11-12-35(48)42(41)47)62-38-20-28(21-50-43(38)49)29-22-51-57(23-29)31-15-18-54(19-16-31)17-6-4-2-3-5-10-40(59)55-24-30(25-55)52-36-9-7-8-32-33(36)26-56(45(32)61)37-13-14-39(58)53-44(37)60/h7-9,11-12,20-23,27,30-31,37,52H,2-6,10,13-19,24-26H2,1H3,(H2,49,50)(H,53,58,60). The van der Waals surface area contributed by atoms with Crippen LogP contribution in [0.1, 0.15) is 105 Å². The Morgan fingerprint density at radius 2 is 1.79 bits per heavy atom. The van der Waals surface area contributed by atoms with E-state index in [1.807, 2.05) is 34.1 Å². The molecule has 62 heavy (non-hydrogen) atoms. The van der Waals surface area contributed by atoms with Gasteiger partial charge in [-0.2, -0.15) is 5.10 Å². The first-order valence-corrected chi connectivity index (χ1v) is 22.3. The number of fused-ring (bicyclic) bond motifs is 1. The van der Waals surface area contributed by atoms with Gasteiger partial charge in [-0.1, -0.05) is 48.5 Å². The predicted molar refractivity (Wildman–Crippen MR) is 234 cm³/mol. The number of nitrogen functional groups attached to an aromatic ring is 1. The number of nitrogens with one attached hydrogen (secondary N) is 2. The van der Waals surface area contributed by atoms with Crippen LogP contribution in [0.4, 0.5) is 15.9 Å². The van der Waals surface area contributed by atoms with Gasteiger partial charge >= 0.3 is 0 Å². The van der Waals surface area contributed by atoms with Gasteiger partial charge in [-0.3, -0.25) is 29.2 Å². The normalized spacial score (nSPS) is 19.0. The van der Waals surface area contributed by atoms with E-state index in [2.05, 4.69) is 25.6 Å². The topological polar surface area (TPSA) is 168 Å². The van der Waals surface area contributed by atoms with Gasteiger partial charge in [0.1, 0.15) is 18.0 Å². The summed E-state index contributed by atoms with van der Waals surface area (Å²) in [6, 6.07) is 9.76. The summed E-state index contributed by atoms with van der Waals surface area (Å²) < 4.78 is 22.3. The van der Waals surface area contributed by atoms with Crippen LogP contribution in [-0.4, -0.2) is 97.9 Å². The number of aromatic nitrogens is 3. The molecule has 4 amide bonds. The van der Waals surface area contributed by atoms with E-state index >= 15 is 0 Å². The van der Waals surface area contributed by atoms with Crippen molar-refractivity contribution < 1.29 is 28.3 Å². The summed E-state index contributed by atoms with van der Waals surface area (Å²) in [6.07, 6.45) is 13.3. The number of amides is 4. The highest BCUT2D eigenvalue weighted by Gasteiger charge is 2.40.